The second kappa shape index (κ2) is 9.87. The van der Waals surface area contributed by atoms with Crippen LogP contribution in [0.15, 0.2) is 23.0 Å². The largest absolute Gasteiger partial charge is 0.508 e. The van der Waals surface area contributed by atoms with E-state index in [1.807, 2.05) is 6.92 Å². The molecular formula is C29H33F3N2O7. The molecule has 12 heteroatoms. The highest BCUT2D eigenvalue weighted by Crippen LogP contribution is 2.56. The predicted molar refractivity (Wildman–Crippen MR) is 139 cm³/mol. The average molecular weight is 579 g/mol. The van der Waals surface area contributed by atoms with Crippen LogP contribution >= 0.6 is 0 Å². The van der Waals surface area contributed by atoms with Gasteiger partial charge in [0.25, 0.3) is 5.91 Å². The van der Waals surface area contributed by atoms with Crippen LogP contribution in [-0.4, -0.2) is 50.0 Å². The number of rotatable bonds is 5. The molecule has 1 aromatic rings. The van der Waals surface area contributed by atoms with Gasteiger partial charge in [-0.3, -0.25) is 14.4 Å². The van der Waals surface area contributed by atoms with Crippen molar-refractivity contribution in [1.82, 2.24) is 5.32 Å². The number of Topliss-reactive ketones (excluding diaryl/α,β-unsaturated/α-hetero) is 2. The van der Waals surface area contributed by atoms with E-state index in [4.69, 9.17) is 5.73 Å². The molecule has 41 heavy (non-hydrogen) atoms. The molecule has 4 aliphatic rings. The summed E-state index contributed by atoms with van der Waals surface area (Å²) in [6.07, 6.45) is -3.39. The number of nitrogens with two attached hydrogens (primary N) is 1. The lowest BCUT2D eigenvalue weighted by Crippen LogP contribution is -2.62. The van der Waals surface area contributed by atoms with E-state index < -0.39 is 105 Å². The lowest BCUT2D eigenvalue weighted by molar-refractivity contribution is -0.155. The van der Waals surface area contributed by atoms with Crippen LogP contribution in [0.3, 0.4) is 0 Å². The number of hydrogen-bond acceptors (Lipinski definition) is 8. The standard InChI is InChI=1S/C29H33F3N2O7/c1-3-5-11(2)18-15-9-12-8-14-20(17(35)10-13(16-6-4-7-34-16)22(14)29(30,31)32)24(37)19(12)25(38)28(15,41)26(39)21(23(18)36)27(33)40/h10-12,15-16,18,34-35,37,39,41H,3-9H2,1-2H3,(H2,33,40)/t11-,12+,15+,16?,18?,28+/m1/s1. The minimum atomic E-state index is -4.86. The van der Waals surface area contributed by atoms with Gasteiger partial charge in [-0.15, -0.1) is 0 Å². The van der Waals surface area contributed by atoms with Crippen LogP contribution in [0, 0.1) is 23.7 Å². The van der Waals surface area contributed by atoms with E-state index in [0.717, 1.165) is 6.07 Å². The van der Waals surface area contributed by atoms with Gasteiger partial charge in [-0.2, -0.15) is 13.2 Å². The normalized spacial score (nSPS) is 30.7. The van der Waals surface area contributed by atoms with Crippen molar-refractivity contribution in [3.8, 4) is 5.75 Å². The van der Waals surface area contributed by atoms with Crippen LogP contribution < -0.4 is 11.1 Å². The molecule has 222 valence electrons. The Kier molecular flexibility index (Phi) is 7.01. The minimum absolute atomic E-state index is 0.157. The number of aliphatic hydroxyl groups excluding tert-OH is 2. The van der Waals surface area contributed by atoms with E-state index in [1.54, 1.807) is 6.92 Å². The third kappa shape index (κ3) is 4.17. The first-order chi connectivity index (χ1) is 19.2. The van der Waals surface area contributed by atoms with Crippen LogP contribution in [0.4, 0.5) is 13.2 Å². The number of aliphatic hydroxyl groups is 3. The summed E-state index contributed by atoms with van der Waals surface area (Å²) in [5, 5.41) is 47.9. The second-order valence-electron chi connectivity index (χ2n) is 11.7. The summed E-state index contributed by atoms with van der Waals surface area (Å²) in [6.45, 7) is 4.04. The zero-order valence-electron chi connectivity index (χ0n) is 22.6. The van der Waals surface area contributed by atoms with Gasteiger partial charge in [-0.25, -0.2) is 0 Å². The number of phenolic OH excluding ortho intramolecular Hbond substituents is 1. The molecule has 1 saturated carbocycles. The van der Waals surface area contributed by atoms with Crippen LogP contribution in [-0.2, 0) is 27.0 Å². The number of aromatic hydroxyl groups is 1. The summed E-state index contributed by atoms with van der Waals surface area (Å²) in [5.74, 6) is -10.2. The summed E-state index contributed by atoms with van der Waals surface area (Å²) < 4.78 is 43.8. The first-order valence-electron chi connectivity index (χ1n) is 13.8. The topological polar surface area (TPSA) is 170 Å². The van der Waals surface area contributed by atoms with E-state index in [0.29, 0.717) is 32.2 Å². The first-order valence-corrected chi connectivity index (χ1v) is 13.8. The molecular weight excluding hydrogens is 545 g/mol. The third-order valence-corrected chi connectivity index (χ3v) is 9.36. The lowest BCUT2D eigenvalue weighted by atomic mass is 9.54. The van der Waals surface area contributed by atoms with Crippen LogP contribution in [0.25, 0.3) is 5.76 Å². The number of carbonyl (C=O) groups excluding carboxylic acids is 3. The van der Waals surface area contributed by atoms with Crippen LogP contribution in [0.2, 0.25) is 0 Å². The number of ketones is 2. The van der Waals surface area contributed by atoms with Gasteiger partial charge in [-0.1, -0.05) is 26.7 Å². The van der Waals surface area contributed by atoms with Crippen molar-refractivity contribution < 1.29 is 48.0 Å². The van der Waals surface area contributed by atoms with Gasteiger partial charge in [0, 0.05) is 23.5 Å². The van der Waals surface area contributed by atoms with Gasteiger partial charge in [0.2, 0.25) is 5.78 Å². The number of alkyl halides is 3. The molecule has 2 unspecified atom stereocenters. The van der Waals surface area contributed by atoms with Gasteiger partial charge in [0.05, 0.1) is 11.1 Å². The van der Waals surface area contributed by atoms with Gasteiger partial charge < -0.3 is 31.5 Å². The van der Waals surface area contributed by atoms with Gasteiger partial charge >= 0.3 is 6.18 Å². The number of halogens is 3. The number of phenols is 1. The summed E-state index contributed by atoms with van der Waals surface area (Å²) in [6, 6.07) is 0.273. The number of amides is 1. The smallest absolute Gasteiger partial charge is 0.417 e. The third-order valence-electron chi connectivity index (χ3n) is 9.36. The van der Waals surface area contributed by atoms with E-state index in [1.165, 1.54) is 0 Å². The summed E-state index contributed by atoms with van der Waals surface area (Å²) in [7, 11) is 0. The Hall–Kier alpha value is -3.38. The van der Waals surface area contributed by atoms with Crippen LogP contribution in [0.1, 0.15) is 74.2 Å². The van der Waals surface area contributed by atoms with Gasteiger partial charge in [0.15, 0.2) is 11.4 Å². The number of hydrogen-bond donors (Lipinski definition) is 6. The van der Waals surface area contributed by atoms with Crippen molar-refractivity contribution in [2.75, 3.05) is 6.54 Å². The fraction of sp³-hybridized carbons (Fsp3) is 0.552. The maximum atomic E-state index is 14.6. The SMILES string of the molecule is CCC[C@@H](C)C1C(=O)C(C(N)=O)=C(O)[C@@]2(O)C(=O)C3=C(O)c4c(O)cc(C5CCCN5)c(C(F)(F)F)c4C[C@H]3C[C@@H]12. The molecule has 1 heterocycles. The Morgan fingerprint density at radius 1 is 1.24 bits per heavy atom. The number of primary amides is 1. The highest BCUT2D eigenvalue weighted by atomic mass is 19.4. The van der Waals surface area contributed by atoms with Gasteiger partial charge in [0.1, 0.15) is 22.8 Å². The number of benzene rings is 1. The number of carbonyl (C=O) groups is 3. The molecule has 9 nitrogen and oxygen atoms in total. The fourth-order valence-electron chi connectivity index (χ4n) is 7.67. The molecule has 0 bridgehead atoms. The monoisotopic (exact) mass is 578 g/mol. The molecule has 0 aromatic heterocycles. The predicted octanol–water partition coefficient (Wildman–Crippen LogP) is 3.53. The minimum Gasteiger partial charge on any atom is -0.508 e. The number of fused-ring (bicyclic) bond motifs is 3. The zero-order valence-corrected chi connectivity index (χ0v) is 22.6. The first kappa shape index (κ1) is 29.1. The Labute approximate surface area is 233 Å². The Balaban J connectivity index is 1.75. The second-order valence-corrected chi connectivity index (χ2v) is 11.7. The van der Waals surface area contributed by atoms with Gasteiger partial charge in [-0.05, 0) is 61.3 Å². The van der Waals surface area contributed by atoms with Crippen molar-refractivity contribution in [3.63, 3.8) is 0 Å². The molecule has 1 aliphatic heterocycles. The summed E-state index contributed by atoms with van der Waals surface area (Å²) in [5.41, 5.74) is -0.930. The van der Waals surface area contributed by atoms with E-state index in [9.17, 15) is 48.0 Å². The summed E-state index contributed by atoms with van der Waals surface area (Å²) >= 11 is 0. The highest BCUT2D eigenvalue weighted by molar-refractivity contribution is 6.23. The Morgan fingerprint density at radius 2 is 1.93 bits per heavy atom. The molecule has 1 aromatic carbocycles. The molecule has 0 radical (unpaired) electrons. The number of nitrogens with one attached hydrogen (secondary N) is 1. The highest BCUT2D eigenvalue weighted by Gasteiger charge is 2.64. The quantitative estimate of drug-likeness (QED) is 0.288. The zero-order chi connectivity index (χ0) is 30.2. The van der Waals surface area contributed by atoms with Crippen molar-refractivity contribution in [2.24, 2.45) is 29.4 Å². The van der Waals surface area contributed by atoms with E-state index in [2.05, 4.69) is 5.32 Å². The Morgan fingerprint density at radius 3 is 2.49 bits per heavy atom. The summed E-state index contributed by atoms with van der Waals surface area (Å²) in [4.78, 5) is 39.6. The molecule has 5 rings (SSSR count). The van der Waals surface area contributed by atoms with Crippen LogP contribution in [0.5, 0.6) is 5.75 Å². The van der Waals surface area contributed by atoms with Crippen molar-refractivity contribution in [1.29, 1.82) is 0 Å². The average Bonchev–Trinajstić information content (AvgIpc) is 3.40. The van der Waals surface area contributed by atoms with E-state index in [-0.39, 0.29) is 17.5 Å². The molecule has 2 fully saturated rings. The van der Waals surface area contributed by atoms with Crippen molar-refractivity contribution in [2.45, 2.75) is 70.2 Å². The lowest BCUT2D eigenvalue weighted by Gasteiger charge is -2.50. The molecule has 7 N–H and O–H groups in total. The van der Waals surface area contributed by atoms with E-state index >= 15 is 0 Å². The van der Waals surface area contributed by atoms with Crippen molar-refractivity contribution in [3.05, 3.63) is 45.2 Å². The maximum Gasteiger partial charge on any atom is 0.417 e. The Bertz CT molecular complexity index is 1410. The molecule has 6 atom stereocenters. The molecule has 1 amide bonds. The maximum absolute atomic E-state index is 14.6. The molecule has 0 spiro atoms. The molecule has 3 aliphatic carbocycles. The van der Waals surface area contributed by atoms with Crippen molar-refractivity contribution >= 4 is 23.2 Å². The molecule has 1 saturated heterocycles. The fourth-order valence-corrected chi connectivity index (χ4v) is 7.67.